The number of aliphatic hydroxyl groups is 3. The van der Waals surface area contributed by atoms with Gasteiger partial charge in [0, 0.05) is 18.1 Å². The fourth-order valence-electron chi connectivity index (χ4n) is 6.32. The third-order valence-corrected chi connectivity index (χ3v) is 8.37. The Morgan fingerprint density at radius 2 is 1.80 bits per heavy atom. The molecule has 4 N–H and O–H groups in total. The lowest BCUT2D eigenvalue weighted by Gasteiger charge is -2.36. The number of halogens is 1. The van der Waals surface area contributed by atoms with Crippen LogP contribution < -0.4 is 4.90 Å². The van der Waals surface area contributed by atoms with E-state index in [0.717, 1.165) is 22.1 Å². The molecule has 0 radical (unpaired) electrons. The Labute approximate surface area is 252 Å². The summed E-state index contributed by atoms with van der Waals surface area (Å²) in [6.45, 7) is -1.08. The van der Waals surface area contributed by atoms with Gasteiger partial charge in [0.1, 0.15) is 0 Å². The van der Waals surface area contributed by atoms with Crippen LogP contribution in [0, 0.1) is 33.7 Å². The minimum atomic E-state index is -1.20. The van der Waals surface area contributed by atoms with E-state index < -0.39 is 65.4 Å². The number of nitro groups is 1. The highest BCUT2D eigenvalue weighted by Gasteiger charge is 2.55. The largest absolute Gasteiger partial charge is 0.505 e. The summed E-state index contributed by atoms with van der Waals surface area (Å²) in [5.74, 6) is -5.40. The molecule has 1 aliphatic heterocycles. The van der Waals surface area contributed by atoms with Gasteiger partial charge in [0.2, 0.25) is 11.8 Å². The first-order valence-corrected chi connectivity index (χ1v) is 14.1. The van der Waals surface area contributed by atoms with Crippen LogP contribution in [0.5, 0.6) is 5.75 Å². The van der Waals surface area contributed by atoms with E-state index in [2.05, 4.69) is 0 Å². The molecule has 44 heavy (non-hydrogen) atoms. The van der Waals surface area contributed by atoms with E-state index in [-0.39, 0.29) is 30.6 Å². The lowest BCUT2D eigenvalue weighted by Crippen LogP contribution is -2.39. The molecule has 2 aliphatic rings. The molecule has 1 fully saturated rings. The molecule has 0 unspecified atom stereocenters. The minimum absolute atomic E-state index is 0.0196. The molecule has 0 aromatic heterocycles. The predicted octanol–water partition coefficient (Wildman–Crippen LogP) is 4.23. The van der Waals surface area contributed by atoms with Gasteiger partial charge in [-0.3, -0.25) is 19.7 Å². The number of nitro benzene ring substituents is 1. The van der Waals surface area contributed by atoms with E-state index in [1.165, 1.54) is 30.3 Å². The standard InChI is InChI=1S/C33H31FN2O8/c34-27-14-19(9-11-28(27)39)13-21(20-5-2-1-3-6-20)10-12-29(40)30-22(17-37)15-25-31(26(30)18-38)33(42)35(32(25)41)23-7-4-8-24(16-23)36(43)44/h1-9,11,13-14,16,25-26,29,31,37-40H,10,12,15,17-18H2/b21-13-/t25-,26+,29-,31-/m1/s1. The highest BCUT2D eigenvalue weighted by atomic mass is 19.1. The normalized spacial score (nSPS) is 21.0. The molecule has 10 nitrogen and oxygen atoms in total. The molecular formula is C33H31FN2O8. The number of nitrogens with zero attached hydrogens (tertiary/aromatic N) is 2. The summed E-state index contributed by atoms with van der Waals surface area (Å²) in [5.41, 5.74) is 2.45. The maximum absolute atomic E-state index is 14.1. The molecule has 1 saturated heterocycles. The molecule has 0 bridgehead atoms. The van der Waals surface area contributed by atoms with Gasteiger partial charge in [-0.2, -0.15) is 0 Å². The first kappa shape index (κ1) is 30.7. The van der Waals surface area contributed by atoms with Gasteiger partial charge >= 0.3 is 0 Å². The number of phenolic OH excluding ortho intramolecular Hbond substituents is 1. The van der Waals surface area contributed by atoms with Crippen molar-refractivity contribution < 1.29 is 39.3 Å². The summed E-state index contributed by atoms with van der Waals surface area (Å²) in [6.07, 6.45) is 0.921. The number of aromatic hydroxyl groups is 1. The van der Waals surface area contributed by atoms with E-state index in [1.54, 1.807) is 12.1 Å². The highest BCUT2D eigenvalue weighted by molar-refractivity contribution is 6.22. The summed E-state index contributed by atoms with van der Waals surface area (Å²) < 4.78 is 14.1. The number of aliphatic hydroxyl groups excluding tert-OH is 3. The molecule has 0 spiro atoms. The maximum atomic E-state index is 14.1. The van der Waals surface area contributed by atoms with Crippen LogP contribution in [-0.4, -0.2) is 56.5 Å². The predicted molar refractivity (Wildman–Crippen MR) is 159 cm³/mol. The number of non-ortho nitro benzene ring substituents is 1. The summed E-state index contributed by atoms with van der Waals surface area (Å²) in [5, 5.41) is 53.1. The number of hydrogen-bond acceptors (Lipinski definition) is 8. The van der Waals surface area contributed by atoms with Crippen molar-refractivity contribution in [2.75, 3.05) is 18.1 Å². The number of hydrogen-bond donors (Lipinski definition) is 4. The maximum Gasteiger partial charge on any atom is 0.271 e. The number of carbonyl (C=O) groups is 2. The van der Waals surface area contributed by atoms with Crippen LogP contribution in [0.2, 0.25) is 0 Å². The van der Waals surface area contributed by atoms with Crippen molar-refractivity contribution >= 4 is 34.8 Å². The number of benzene rings is 3. The van der Waals surface area contributed by atoms with Crippen molar-refractivity contribution in [1.82, 2.24) is 0 Å². The Kier molecular flexibility index (Phi) is 9.00. The first-order chi connectivity index (χ1) is 21.1. The van der Waals surface area contributed by atoms with Crippen molar-refractivity contribution in [3.05, 3.63) is 111 Å². The van der Waals surface area contributed by atoms with Crippen molar-refractivity contribution in [1.29, 1.82) is 0 Å². The van der Waals surface area contributed by atoms with Crippen LogP contribution in [0.3, 0.4) is 0 Å². The molecule has 1 heterocycles. The van der Waals surface area contributed by atoms with Gasteiger partial charge in [-0.1, -0.05) is 48.5 Å². The monoisotopic (exact) mass is 602 g/mol. The minimum Gasteiger partial charge on any atom is -0.505 e. The third-order valence-electron chi connectivity index (χ3n) is 8.37. The average Bonchev–Trinajstić information content (AvgIpc) is 3.28. The summed E-state index contributed by atoms with van der Waals surface area (Å²) in [6, 6.07) is 18.4. The van der Waals surface area contributed by atoms with Crippen LogP contribution in [-0.2, 0) is 9.59 Å². The molecule has 4 atom stereocenters. The van der Waals surface area contributed by atoms with Gasteiger partial charge < -0.3 is 20.4 Å². The first-order valence-electron chi connectivity index (χ1n) is 14.1. The Hall–Kier alpha value is -4.71. The SMILES string of the molecule is O=C1[C@@H]2[C@@H](CC(CO)=C([C@H](O)CC/C(=C/c3ccc(O)c(F)c3)c3ccccc3)[C@@H]2CO)C(=O)N1c1cccc([N+](=O)[O-])c1. The van der Waals surface area contributed by atoms with Gasteiger partial charge in [-0.25, -0.2) is 9.29 Å². The second-order valence-corrected chi connectivity index (χ2v) is 10.9. The molecular weight excluding hydrogens is 571 g/mol. The summed E-state index contributed by atoms with van der Waals surface area (Å²) >= 11 is 0. The molecule has 5 rings (SSSR count). The highest BCUT2D eigenvalue weighted by Crippen LogP contribution is 2.47. The molecule has 0 saturated carbocycles. The number of amides is 2. The van der Waals surface area contributed by atoms with Crippen LogP contribution in [0.4, 0.5) is 15.8 Å². The van der Waals surface area contributed by atoms with Crippen LogP contribution in [0.1, 0.15) is 30.4 Å². The van der Waals surface area contributed by atoms with E-state index in [1.807, 2.05) is 30.3 Å². The zero-order valence-electron chi connectivity index (χ0n) is 23.5. The van der Waals surface area contributed by atoms with Gasteiger partial charge in [0.15, 0.2) is 11.6 Å². The number of rotatable bonds is 10. The topological polar surface area (TPSA) is 161 Å². The molecule has 11 heteroatoms. The zero-order valence-corrected chi connectivity index (χ0v) is 23.5. The van der Waals surface area contributed by atoms with Crippen molar-refractivity contribution in [3.8, 4) is 5.75 Å². The molecule has 2 amide bonds. The zero-order chi connectivity index (χ0) is 31.5. The quantitative estimate of drug-likeness (QED) is 0.0882. The second-order valence-electron chi connectivity index (χ2n) is 10.9. The number of imide groups is 1. The van der Waals surface area contributed by atoms with Gasteiger partial charge in [0.05, 0.1) is 41.8 Å². The lowest BCUT2D eigenvalue weighted by atomic mass is 9.68. The van der Waals surface area contributed by atoms with E-state index in [4.69, 9.17) is 0 Å². The van der Waals surface area contributed by atoms with Gasteiger partial charge in [-0.05, 0) is 65.3 Å². The summed E-state index contributed by atoms with van der Waals surface area (Å²) in [4.78, 5) is 38.7. The van der Waals surface area contributed by atoms with E-state index in [9.17, 15) is 44.5 Å². The van der Waals surface area contributed by atoms with E-state index in [0.29, 0.717) is 16.7 Å². The number of allylic oxidation sites excluding steroid dienone is 1. The summed E-state index contributed by atoms with van der Waals surface area (Å²) in [7, 11) is 0. The Bertz CT molecular complexity index is 1650. The average molecular weight is 603 g/mol. The fourth-order valence-corrected chi connectivity index (χ4v) is 6.32. The number of phenols is 1. The van der Waals surface area contributed by atoms with Crippen molar-refractivity contribution in [2.45, 2.75) is 25.4 Å². The van der Waals surface area contributed by atoms with Crippen LogP contribution >= 0.6 is 0 Å². The Balaban J connectivity index is 1.43. The van der Waals surface area contributed by atoms with E-state index >= 15 is 0 Å². The smallest absolute Gasteiger partial charge is 0.271 e. The Morgan fingerprint density at radius 3 is 2.45 bits per heavy atom. The van der Waals surface area contributed by atoms with Gasteiger partial charge in [-0.15, -0.1) is 0 Å². The number of anilines is 1. The number of fused-ring (bicyclic) bond motifs is 1. The second kappa shape index (κ2) is 12.9. The van der Waals surface area contributed by atoms with Crippen LogP contribution in [0.25, 0.3) is 11.6 Å². The Morgan fingerprint density at radius 1 is 1.05 bits per heavy atom. The van der Waals surface area contributed by atoms with Crippen molar-refractivity contribution in [2.24, 2.45) is 17.8 Å². The number of carbonyl (C=O) groups excluding carboxylic acids is 2. The third kappa shape index (κ3) is 5.89. The fraction of sp³-hybridized carbons (Fsp3) is 0.273. The van der Waals surface area contributed by atoms with Crippen molar-refractivity contribution in [3.63, 3.8) is 0 Å². The molecule has 3 aromatic carbocycles. The lowest BCUT2D eigenvalue weighted by molar-refractivity contribution is -0.384. The molecule has 3 aromatic rings. The van der Waals surface area contributed by atoms with Gasteiger partial charge in [0.25, 0.3) is 5.69 Å². The van der Waals surface area contributed by atoms with Crippen LogP contribution in [0.15, 0.2) is 83.9 Å². The molecule has 1 aliphatic carbocycles. The molecule has 228 valence electrons.